The molecule has 31 heavy (non-hydrogen) atoms. The van der Waals surface area contributed by atoms with Crippen LogP contribution in [0.4, 0.5) is 4.39 Å². The first-order chi connectivity index (χ1) is 14.8. The SMILES string of the molecule is O=C(C1=CC2OCOC2C1)N(O)CS(=O)(=O)c1ccc(OCc2ccc(F)cc2)cc1. The molecule has 2 unspecified atom stereocenters. The van der Waals surface area contributed by atoms with Crippen LogP contribution in [0.15, 0.2) is 65.1 Å². The molecule has 10 heteroatoms. The van der Waals surface area contributed by atoms with Crippen molar-refractivity contribution < 1.29 is 37.0 Å². The number of benzene rings is 2. The number of amides is 1. The molecule has 1 aliphatic carbocycles. The first-order valence-corrected chi connectivity index (χ1v) is 11.1. The Morgan fingerprint density at radius 3 is 2.52 bits per heavy atom. The Morgan fingerprint density at radius 1 is 1.13 bits per heavy atom. The molecule has 2 aromatic carbocycles. The van der Waals surface area contributed by atoms with Gasteiger partial charge >= 0.3 is 0 Å². The molecule has 1 fully saturated rings. The number of ether oxygens (including phenoxy) is 3. The van der Waals surface area contributed by atoms with Crippen LogP contribution < -0.4 is 4.74 Å². The topological polar surface area (TPSA) is 102 Å². The number of halogens is 1. The number of carbonyl (C=O) groups excluding carboxylic acids is 1. The summed E-state index contributed by atoms with van der Waals surface area (Å²) in [6.07, 6.45) is 1.15. The standard InChI is InChI=1S/C21H20FNO7S/c22-16-3-1-14(2-4-16)11-28-17-5-7-18(8-6-17)31(26,27)12-23(25)21(24)15-9-19-20(10-15)30-13-29-19/h1-9,19-20,25H,10-13H2. The zero-order valence-corrected chi connectivity index (χ0v) is 17.1. The Balaban J connectivity index is 1.35. The van der Waals surface area contributed by atoms with E-state index >= 15 is 0 Å². The van der Waals surface area contributed by atoms with Crippen molar-refractivity contribution in [3.8, 4) is 5.75 Å². The van der Waals surface area contributed by atoms with Crippen molar-refractivity contribution in [1.29, 1.82) is 0 Å². The number of rotatable bonds is 7. The third kappa shape index (κ3) is 4.93. The van der Waals surface area contributed by atoms with Gasteiger partial charge in [0, 0.05) is 12.0 Å². The van der Waals surface area contributed by atoms with Crippen molar-refractivity contribution in [1.82, 2.24) is 5.06 Å². The summed E-state index contributed by atoms with van der Waals surface area (Å²) in [7, 11) is -3.97. The second kappa shape index (κ2) is 8.75. The van der Waals surface area contributed by atoms with Gasteiger partial charge in [-0.1, -0.05) is 12.1 Å². The molecule has 4 rings (SSSR count). The van der Waals surface area contributed by atoms with Gasteiger partial charge in [0.2, 0.25) is 0 Å². The normalized spacial score (nSPS) is 20.3. The van der Waals surface area contributed by atoms with Gasteiger partial charge in [-0.2, -0.15) is 0 Å². The maximum atomic E-state index is 12.9. The largest absolute Gasteiger partial charge is 0.489 e. The van der Waals surface area contributed by atoms with Gasteiger partial charge in [-0.05, 0) is 48.0 Å². The van der Waals surface area contributed by atoms with Crippen molar-refractivity contribution >= 4 is 15.7 Å². The number of sulfone groups is 1. The summed E-state index contributed by atoms with van der Waals surface area (Å²) >= 11 is 0. The smallest absolute Gasteiger partial charge is 0.274 e. The molecule has 0 bridgehead atoms. The van der Waals surface area contributed by atoms with Gasteiger partial charge in [-0.25, -0.2) is 17.9 Å². The average molecular weight is 449 g/mol. The van der Waals surface area contributed by atoms with E-state index in [1.807, 2.05) is 0 Å². The summed E-state index contributed by atoms with van der Waals surface area (Å²) in [5, 5.41) is 10.2. The Kier molecular flexibility index (Phi) is 6.05. The quantitative estimate of drug-likeness (QED) is 0.512. The molecular weight excluding hydrogens is 429 g/mol. The van der Waals surface area contributed by atoms with E-state index in [0.717, 1.165) is 5.56 Å². The molecule has 0 saturated carbocycles. The fraction of sp³-hybridized carbons (Fsp3) is 0.286. The lowest BCUT2D eigenvalue weighted by molar-refractivity contribution is -0.156. The molecule has 2 atom stereocenters. The van der Waals surface area contributed by atoms with E-state index in [2.05, 4.69) is 0 Å². The summed E-state index contributed by atoms with van der Waals surface area (Å²) < 4.78 is 54.2. The average Bonchev–Trinajstić information content (AvgIpc) is 3.35. The number of hydrogen-bond donors (Lipinski definition) is 1. The van der Waals surface area contributed by atoms with Crippen molar-refractivity contribution in [3.63, 3.8) is 0 Å². The highest BCUT2D eigenvalue weighted by molar-refractivity contribution is 7.91. The fourth-order valence-corrected chi connectivity index (χ4v) is 4.47. The molecule has 1 N–H and O–H groups in total. The Labute approximate surface area is 178 Å². The van der Waals surface area contributed by atoms with Gasteiger partial charge < -0.3 is 14.2 Å². The van der Waals surface area contributed by atoms with Crippen LogP contribution in [-0.2, 0) is 30.7 Å². The molecule has 1 heterocycles. The van der Waals surface area contributed by atoms with Gasteiger partial charge in [0.05, 0.1) is 11.0 Å². The third-order valence-corrected chi connectivity index (χ3v) is 6.57. The van der Waals surface area contributed by atoms with Gasteiger partial charge in [0.15, 0.2) is 15.7 Å². The van der Waals surface area contributed by atoms with Crippen LogP contribution in [-0.4, -0.2) is 49.5 Å². The van der Waals surface area contributed by atoms with Crippen LogP contribution >= 0.6 is 0 Å². The van der Waals surface area contributed by atoms with Crippen LogP contribution in [0.5, 0.6) is 5.75 Å². The zero-order chi connectivity index (χ0) is 22.0. The van der Waals surface area contributed by atoms with Crippen LogP contribution in [0.25, 0.3) is 0 Å². The second-order valence-electron chi connectivity index (χ2n) is 7.19. The molecule has 0 spiro atoms. The molecule has 0 radical (unpaired) electrons. The van der Waals surface area contributed by atoms with Crippen LogP contribution in [0.3, 0.4) is 0 Å². The van der Waals surface area contributed by atoms with Crippen LogP contribution in [0, 0.1) is 5.82 Å². The van der Waals surface area contributed by atoms with Crippen molar-refractivity contribution in [2.24, 2.45) is 0 Å². The van der Waals surface area contributed by atoms with Crippen molar-refractivity contribution in [2.75, 3.05) is 12.7 Å². The van der Waals surface area contributed by atoms with E-state index in [0.29, 0.717) is 5.75 Å². The summed E-state index contributed by atoms with van der Waals surface area (Å²) in [5.74, 6) is -1.62. The monoisotopic (exact) mass is 449 g/mol. The molecule has 1 saturated heterocycles. The third-order valence-electron chi connectivity index (χ3n) is 5.00. The predicted octanol–water partition coefficient (Wildman–Crippen LogP) is 2.43. The van der Waals surface area contributed by atoms with Gasteiger partial charge in [0.25, 0.3) is 5.91 Å². The number of fused-ring (bicyclic) bond motifs is 1. The molecule has 8 nitrogen and oxygen atoms in total. The number of hydroxylamine groups is 2. The summed E-state index contributed by atoms with van der Waals surface area (Å²) in [6.45, 7) is 0.337. The van der Waals surface area contributed by atoms with Crippen LogP contribution in [0.1, 0.15) is 12.0 Å². The Hall–Kier alpha value is -2.79. The fourth-order valence-electron chi connectivity index (χ4n) is 3.33. The van der Waals surface area contributed by atoms with E-state index in [1.54, 1.807) is 18.2 Å². The molecule has 1 aliphatic heterocycles. The highest BCUT2D eigenvalue weighted by Gasteiger charge is 2.37. The summed E-state index contributed by atoms with van der Waals surface area (Å²) in [4.78, 5) is 12.3. The maximum Gasteiger partial charge on any atom is 0.274 e. The Morgan fingerprint density at radius 2 is 1.84 bits per heavy atom. The molecule has 1 amide bonds. The maximum absolute atomic E-state index is 12.9. The van der Waals surface area contributed by atoms with Crippen molar-refractivity contribution in [3.05, 3.63) is 71.6 Å². The number of carbonyl (C=O) groups is 1. The molecule has 2 aromatic rings. The van der Waals surface area contributed by atoms with E-state index < -0.39 is 21.6 Å². The summed E-state index contributed by atoms with van der Waals surface area (Å²) in [6, 6.07) is 11.4. The van der Waals surface area contributed by atoms with E-state index in [1.165, 1.54) is 36.4 Å². The minimum Gasteiger partial charge on any atom is -0.489 e. The van der Waals surface area contributed by atoms with Crippen LogP contribution in [0.2, 0.25) is 0 Å². The van der Waals surface area contributed by atoms with E-state index in [4.69, 9.17) is 14.2 Å². The minimum absolute atomic E-state index is 0.0718. The second-order valence-corrected chi connectivity index (χ2v) is 9.14. The minimum atomic E-state index is -3.97. The lowest BCUT2D eigenvalue weighted by Crippen LogP contribution is -2.33. The number of nitrogens with zero attached hydrogens (tertiary/aromatic N) is 1. The number of hydrogen-bond acceptors (Lipinski definition) is 7. The van der Waals surface area contributed by atoms with E-state index in [9.17, 15) is 22.8 Å². The molecule has 0 aromatic heterocycles. The zero-order valence-electron chi connectivity index (χ0n) is 16.3. The summed E-state index contributed by atoms with van der Waals surface area (Å²) in [5.41, 5.74) is 1.01. The molecule has 164 valence electrons. The predicted molar refractivity (Wildman–Crippen MR) is 105 cm³/mol. The van der Waals surface area contributed by atoms with Crippen molar-refractivity contribution in [2.45, 2.75) is 30.1 Å². The molecule has 2 aliphatic rings. The first kappa shape index (κ1) is 21.4. The van der Waals surface area contributed by atoms with Gasteiger partial charge in [0.1, 0.15) is 31.1 Å². The first-order valence-electron chi connectivity index (χ1n) is 9.46. The van der Waals surface area contributed by atoms with Gasteiger partial charge in [-0.3, -0.25) is 10.0 Å². The van der Waals surface area contributed by atoms with E-state index in [-0.39, 0.29) is 53.4 Å². The molecular formula is C21H20FNO7S. The lowest BCUT2D eigenvalue weighted by Gasteiger charge is -2.16. The van der Waals surface area contributed by atoms with Gasteiger partial charge in [-0.15, -0.1) is 0 Å². The lowest BCUT2D eigenvalue weighted by atomic mass is 10.2. The Bertz CT molecular complexity index is 1080. The highest BCUT2D eigenvalue weighted by Crippen LogP contribution is 2.30. The highest BCUT2D eigenvalue weighted by atomic mass is 32.2.